The molecule has 3 rings (SSSR count). The lowest BCUT2D eigenvalue weighted by Crippen LogP contribution is -2.19. The Balaban J connectivity index is 1.51. The Kier molecular flexibility index (Phi) is 5.92. The third kappa shape index (κ3) is 5.16. The van der Waals surface area contributed by atoms with Crippen molar-refractivity contribution in [2.24, 2.45) is 11.0 Å². The van der Waals surface area contributed by atoms with Gasteiger partial charge in [-0.05, 0) is 47.1 Å². The number of allylic oxidation sites excluding steroid dienone is 1. The summed E-state index contributed by atoms with van der Waals surface area (Å²) in [7, 11) is 0. The average molecular weight is 391 g/mol. The van der Waals surface area contributed by atoms with Crippen molar-refractivity contribution in [3.05, 3.63) is 81.4 Å². The molecule has 2 aromatic carbocycles. The maximum atomic E-state index is 12.3. The Morgan fingerprint density at radius 2 is 1.86 bits per heavy atom. The second-order valence-electron chi connectivity index (χ2n) is 8.25. The number of nitro groups is 1. The lowest BCUT2D eigenvalue weighted by Gasteiger charge is -2.19. The van der Waals surface area contributed by atoms with Gasteiger partial charge in [-0.1, -0.05) is 57.2 Å². The van der Waals surface area contributed by atoms with Gasteiger partial charge in [-0.3, -0.25) is 14.9 Å². The highest BCUT2D eigenvalue weighted by atomic mass is 16.6. The molecule has 150 valence electrons. The molecule has 0 radical (unpaired) electrons. The summed E-state index contributed by atoms with van der Waals surface area (Å²) in [5, 5.41) is 14.9. The number of benzene rings is 2. The first-order valence-corrected chi connectivity index (χ1v) is 9.61. The highest BCUT2D eigenvalue weighted by Crippen LogP contribution is 2.47. The third-order valence-corrected chi connectivity index (χ3v) is 5.08. The number of carbonyl (C=O) groups is 1. The molecule has 1 aliphatic rings. The van der Waals surface area contributed by atoms with Crippen LogP contribution in [0.15, 0.2) is 59.7 Å². The maximum absolute atomic E-state index is 12.3. The van der Waals surface area contributed by atoms with Crippen LogP contribution in [0.2, 0.25) is 0 Å². The summed E-state index contributed by atoms with van der Waals surface area (Å²) in [5.41, 5.74) is 5.63. The lowest BCUT2D eigenvalue weighted by molar-refractivity contribution is -0.385. The van der Waals surface area contributed by atoms with Crippen LogP contribution in [0, 0.1) is 16.0 Å². The molecule has 0 saturated heterocycles. The molecule has 1 saturated carbocycles. The van der Waals surface area contributed by atoms with Crippen molar-refractivity contribution in [2.75, 3.05) is 0 Å². The highest BCUT2D eigenvalue weighted by Gasteiger charge is 2.43. The van der Waals surface area contributed by atoms with Crippen LogP contribution in [0.25, 0.3) is 6.08 Å². The van der Waals surface area contributed by atoms with Crippen molar-refractivity contribution in [3.8, 4) is 0 Å². The zero-order valence-corrected chi connectivity index (χ0v) is 16.8. The first-order valence-electron chi connectivity index (χ1n) is 9.61. The molecule has 1 fully saturated rings. The number of hydrazone groups is 1. The zero-order chi connectivity index (χ0) is 21.0. The van der Waals surface area contributed by atoms with Gasteiger partial charge in [0.05, 0.1) is 10.5 Å². The van der Waals surface area contributed by atoms with E-state index in [4.69, 9.17) is 0 Å². The van der Waals surface area contributed by atoms with Crippen molar-refractivity contribution in [2.45, 2.75) is 38.5 Å². The van der Waals surface area contributed by atoms with E-state index in [0.29, 0.717) is 5.56 Å². The summed E-state index contributed by atoms with van der Waals surface area (Å²) in [6.07, 6.45) is 5.40. The fourth-order valence-electron chi connectivity index (χ4n) is 3.25. The van der Waals surface area contributed by atoms with Crippen LogP contribution in [0.3, 0.4) is 0 Å². The summed E-state index contributed by atoms with van der Waals surface area (Å²) in [6.45, 7) is 6.54. The van der Waals surface area contributed by atoms with E-state index >= 15 is 0 Å². The second-order valence-corrected chi connectivity index (χ2v) is 8.25. The van der Waals surface area contributed by atoms with Gasteiger partial charge < -0.3 is 0 Å². The molecule has 2 aromatic rings. The van der Waals surface area contributed by atoms with Gasteiger partial charge in [0.2, 0.25) is 5.91 Å². The number of hydrogen-bond donors (Lipinski definition) is 1. The summed E-state index contributed by atoms with van der Waals surface area (Å²) in [5.74, 6) is 0.0683. The molecule has 1 N–H and O–H groups in total. The Morgan fingerprint density at radius 1 is 1.17 bits per heavy atom. The minimum absolute atomic E-state index is 0.0273. The SMILES string of the molecule is CC(C)(C)c1ccc([C@@H]2C[C@@H]2C(=O)NN=C/C=C/c2ccccc2[N+](=O)[O-])cc1. The van der Waals surface area contributed by atoms with Gasteiger partial charge in [0.15, 0.2) is 0 Å². The molecule has 0 unspecified atom stereocenters. The first kappa shape index (κ1) is 20.5. The van der Waals surface area contributed by atoms with Crippen molar-refractivity contribution in [1.29, 1.82) is 0 Å². The largest absolute Gasteiger partial charge is 0.276 e. The van der Waals surface area contributed by atoms with Crippen molar-refractivity contribution in [1.82, 2.24) is 5.43 Å². The highest BCUT2D eigenvalue weighted by molar-refractivity contribution is 5.85. The fraction of sp³-hybridized carbons (Fsp3) is 0.304. The van der Waals surface area contributed by atoms with E-state index in [-0.39, 0.29) is 28.8 Å². The summed E-state index contributed by atoms with van der Waals surface area (Å²) in [6, 6.07) is 14.9. The Labute approximate surface area is 170 Å². The standard InChI is InChI=1S/C23H25N3O3/c1-23(2,3)18-12-10-16(11-13-18)19-15-20(19)22(27)25-24-14-6-8-17-7-4-5-9-21(17)26(28)29/h4-14,19-20H,15H2,1-3H3,(H,25,27)/b8-6+,24-14?/t19-,20-/m0/s1. The van der Waals surface area contributed by atoms with Crippen LogP contribution in [0.1, 0.15) is 49.8 Å². The van der Waals surface area contributed by atoms with Gasteiger partial charge in [0.1, 0.15) is 0 Å². The van der Waals surface area contributed by atoms with Crippen LogP contribution in [-0.4, -0.2) is 17.0 Å². The number of rotatable bonds is 6. The number of para-hydroxylation sites is 1. The van der Waals surface area contributed by atoms with E-state index in [0.717, 1.165) is 6.42 Å². The predicted molar refractivity (Wildman–Crippen MR) is 115 cm³/mol. The molecule has 29 heavy (non-hydrogen) atoms. The minimum atomic E-state index is -0.431. The number of nitrogens with one attached hydrogen (secondary N) is 1. The second kappa shape index (κ2) is 8.39. The number of hydrogen-bond acceptors (Lipinski definition) is 4. The summed E-state index contributed by atoms with van der Waals surface area (Å²) >= 11 is 0. The van der Waals surface area contributed by atoms with E-state index in [9.17, 15) is 14.9 Å². The molecule has 0 bridgehead atoms. The van der Waals surface area contributed by atoms with Crippen LogP contribution in [0.4, 0.5) is 5.69 Å². The van der Waals surface area contributed by atoms with Gasteiger partial charge in [-0.25, -0.2) is 5.43 Å². The summed E-state index contributed by atoms with van der Waals surface area (Å²) < 4.78 is 0. The number of amides is 1. The minimum Gasteiger partial charge on any atom is -0.273 e. The van der Waals surface area contributed by atoms with Gasteiger partial charge >= 0.3 is 0 Å². The van der Waals surface area contributed by atoms with E-state index in [1.807, 2.05) is 0 Å². The first-order chi connectivity index (χ1) is 13.8. The van der Waals surface area contributed by atoms with Crippen LogP contribution >= 0.6 is 0 Å². The predicted octanol–water partition coefficient (Wildman–Crippen LogP) is 4.81. The van der Waals surface area contributed by atoms with Gasteiger partial charge in [0, 0.05) is 18.2 Å². The van der Waals surface area contributed by atoms with E-state index in [2.05, 4.69) is 55.6 Å². The van der Waals surface area contributed by atoms with Crippen LogP contribution < -0.4 is 5.43 Å². The lowest BCUT2D eigenvalue weighted by atomic mass is 9.86. The van der Waals surface area contributed by atoms with Crippen LogP contribution in [-0.2, 0) is 10.2 Å². The van der Waals surface area contributed by atoms with E-state index in [1.165, 1.54) is 23.4 Å². The van der Waals surface area contributed by atoms with Gasteiger partial charge in [-0.15, -0.1) is 0 Å². The van der Waals surface area contributed by atoms with Gasteiger partial charge in [0.25, 0.3) is 5.69 Å². The van der Waals surface area contributed by atoms with Crippen LogP contribution in [0.5, 0.6) is 0 Å². The Bertz CT molecular complexity index is 956. The molecule has 1 amide bonds. The fourth-order valence-corrected chi connectivity index (χ4v) is 3.25. The molecule has 0 heterocycles. The quantitative estimate of drug-likeness (QED) is 0.436. The smallest absolute Gasteiger partial charge is 0.273 e. The molecule has 0 aromatic heterocycles. The maximum Gasteiger partial charge on any atom is 0.276 e. The normalized spacial score (nSPS) is 18.9. The summed E-state index contributed by atoms with van der Waals surface area (Å²) in [4.78, 5) is 22.8. The Hall–Kier alpha value is -3.28. The van der Waals surface area contributed by atoms with Crippen molar-refractivity contribution >= 4 is 23.9 Å². The van der Waals surface area contributed by atoms with E-state index in [1.54, 1.807) is 30.4 Å². The van der Waals surface area contributed by atoms with Crippen molar-refractivity contribution in [3.63, 3.8) is 0 Å². The molecular weight excluding hydrogens is 366 g/mol. The average Bonchev–Trinajstić information content (AvgIpc) is 3.48. The molecular formula is C23H25N3O3. The zero-order valence-electron chi connectivity index (χ0n) is 16.8. The number of carbonyl (C=O) groups excluding carboxylic acids is 1. The number of nitrogens with zero attached hydrogens (tertiary/aromatic N) is 2. The third-order valence-electron chi connectivity index (χ3n) is 5.08. The molecule has 2 atom stereocenters. The molecule has 0 spiro atoms. The van der Waals surface area contributed by atoms with E-state index < -0.39 is 4.92 Å². The van der Waals surface area contributed by atoms with Crippen molar-refractivity contribution < 1.29 is 9.72 Å². The number of nitro benzene ring substituents is 1. The Morgan fingerprint density at radius 3 is 2.52 bits per heavy atom. The monoisotopic (exact) mass is 391 g/mol. The molecule has 6 heteroatoms. The molecule has 1 aliphatic carbocycles. The molecule has 6 nitrogen and oxygen atoms in total. The molecule has 0 aliphatic heterocycles. The topological polar surface area (TPSA) is 84.6 Å². The van der Waals surface area contributed by atoms with Gasteiger partial charge in [-0.2, -0.15) is 5.10 Å².